The first-order valence-electron chi connectivity index (χ1n) is 4.93. The summed E-state index contributed by atoms with van der Waals surface area (Å²) >= 11 is 0. The molecule has 0 aliphatic rings. The third-order valence-corrected chi connectivity index (χ3v) is 1.88. The van der Waals surface area contributed by atoms with E-state index < -0.39 is 0 Å². The monoisotopic (exact) mass is 220 g/mol. The molecule has 0 saturated heterocycles. The highest BCUT2D eigenvalue weighted by molar-refractivity contribution is 5.78. The summed E-state index contributed by atoms with van der Waals surface area (Å²) in [7, 11) is 3.75. The fraction of sp³-hybridized carbons (Fsp3) is 0.273. The molecule has 0 aliphatic carbocycles. The second-order valence-corrected chi connectivity index (χ2v) is 3.47. The van der Waals surface area contributed by atoms with Crippen molar-refractivity contribution in [2.75, 3.05) is 19.8 Å². The Bertz CT molecular complexity index is 533. The molecule has 1 aromatic carbocycles. The van der Waals surface area contributed by atoms with Crippen molar-refractivity contribution in [3.8, 4) is 0 Å². The van der Waals surface area contributed by atoms with Crippen LogP contribution in [0, 0.1) is 6.92 Å². The Morgan fingerprint density at radius 3 is 2.62 bits per heavy atom. The number of rotatable bonds is 0. The minimum atomic E-state index is -0.189. The topological polar surface area (TPSA) is 83.8 Å². The van der Waals surface area contributed by atoms with Crippen molar-refractivity contribution < 1.29 is 0 Å². The third kappa shape index (κ3) is 2.80. The number of aromatic nitrogens is 2. The van der Waals surface area contributed by atoms with Crippen molar-refractivity contribution in [1.82, 2.24) is 15.3 Å². The summed E-state index contributed by atoms with van der Waals surface area (Å²) in [5, 5.41) is 3.33. The molecule has 0 atom stereocenters. The van der Waals surface area contributed by atoms with E-state index in [4.69, 9.17) is 5.73 Å². The number of nitrogens with one attached hydrogen (secondary N) is 2. The van der Waals surface area contributed by atoms with E-state index in [-0.39, 0.29) is 11.5 Å². The first-order chi connectivity index (χ1) is 7.58. The van der Waals surface area contributed by atoms with Gasteiger partial charge in [0, 0.05) is 0 Å². The molecule has 4 N–H and O–H groups in total. The smallest absolute Gasteiger partial charge is 0.260 e. The summed E-state index contributed by atoms with van der Waals surface area (Å²) in [4.78, 5) is 17.8. The van der Waals surface area contributed by atoms with Crippen molar-refractivity contribution in [2.24, 2.45) is 0 Å². The van der Waals surface area contributed by atoms with Crippen molar-refractivity contribution in [1.29, 1.82) is 0 Å². The number of aryl methyl sites for hydroxylation is 1. The molecule has 2 rings (SSSR count). The molecular formula is C11H16N4O. The van der Waals surface area contributed by atoms with Crippen LogP contribution in [0.15, 0.2) is 23.0 Å². The highest BCUT2D eigenvalue weighted by atomic mass is 16.1. The SMILES string of the molecule is CNC.Cc1ccc2nc(N)[nH]c(=O)c2c1. The molecule has 0 unspecified atom stereocenters. The molecule has 0 aliphatic heterocycles. The van der Waals surface area contributed by atoms with Crippen molar-refractivity contribution in [2.45, 2.75) is 6.92 Å². The lowest BCUT2D eigenvalue weighted by molar-refractivity contribution is 1.02. The van der Waals surface area contributed by atoms with Crippen molar-refractivity contribution >= 4 is 16.9 Å². The van der Waals surface area contributed by atoms with Gasteiger partial charge in [0.25, 0.3) is 5.56 Å². The lowest BCUT2D eigenvalue weighted by atomic mass is 10.2. The summed E-state index contributed by atoms with van der Waals surface area (Å²) in [5.41, 5.74) is 6.87. The first-order valence-corrected chi connectivity index (χ1v) is 4.93. The zero-order valence-electron chi connectivity index (χ0n) is 9.66. The van der Waals surface area contributed by atoms with E-state index in [1.807, 2.05) is 27.1 Å². The molecule has 0 fully saturated rings. The standard InChI is InChI=1S/C9H9N3O.C2H7N/c1-5-2-3-7-6(4-5)8(13)12-9(10)11-7;1-3-2/h2-4H,1H3,(H3,10,11,12,13);3H,1-2H3. The predicted molar refractivity (Wildman–Crippen MR) is 66.5 cm³/mol. The fourth-order valence-corrected chi connectivity index (χ4v) is 1.27. The molecule has 1 aromatic heterocycles. The van der Waals surface area contributed by atoms with Gasteiger partial charge in [-0.25, -0.2) is 4.98 Å². The predicted octanol–water partition coefficient (Wildman–Crippen LogP) is 0.649. The highest BCUT2D eigenvalue weighted by Crippen LogP contribution is 2.09. The maximum Gasteiger partial charge on any atom is 0.260 e. The van der Waals surface area contributed by atoms with Gasteiger partial charge in [-0.3, -0.25) is 9.78 Å². The van der Waals surface area contributed by atoms with Crippen LogP contribution >= 0.6 is 0 Å². The lowest BCUT2D eigenvalue weighted by Gasteiger charge is -1.98. The van der Waals surface area contributed by atoms with E-state index in [2.05, 4.69) is 15.3 Å². The van der Waals surface area contributed by atoms with Gasteiger partial charge in [0.1, 0.15) is 0 Å². The first kappa shape index (κ1) is 12.2. The number of fused-ring (bicyclic) bond motifs is 1. The Labute approximate surface area is 93.7 Å². The number of aromatic amines is 1. The maximum atomic E-state index is 11.4. The fourth-order valence-electron chi connectivity index (χ4n) is 1.27. The Balaban J connectivity index is 0.000000386. The second-order valence-electron chi connectivity index (χ2n) is 3.47. The average Bonchev–Trinajstić information content (AvgIpc) is 2.20. The molecule has 2 aromatic rings. The normalized spacial score (nSPS) is 9.69. The van der Waals surface area contributed by atoms with Crippen LogP contribution in [0.2, 0.25) is 0 Å². The van der Waals surface area contributed by atoms with Gasteiger partial charge in [0.15, 0.2) is 0 Å². The number of nitrogen functional groups attached to an aromatic ring is 1. The van der Waals surface area contributed by atoms with Crippen LogP contribution in [0.4, 0.5) is 5.95 Å². The zero-order chi connectivity index (χ0) is 12.1. The van der Waals surface area contributed by atoms with Gasteiger partial charge in [-0.1, -0.05) is 11.6 Å². The second kappa shape index (κ2) is 5.27. The van der Waals surface area contributed by atoms with Gasteiger partial charge in [0.05, 0.1) is 10.9 Å². The number of nitrogens with two attached hydrogens (primary N) is 1. The molecule has 0 saturated carbocycles. The molecule has 86 valence electrons. The van der Waals surface area contributed by atoms with E-state index >= 15 is 0 Å². The lowest BCUT2D eigenvalue weighted by Crippen LogP contribution is -2.11. The van der Waals surface area contributed by atoms with Gasteiger partial charge >= 0.3 is 0 Å². The maximum absolute atomic E-state index is 11.4. The van der Waals surface area contributed by atoms with Crippen LogP contribution in [-0.4, -0.2) is 24.1 Å². The van der Waals surface area contributed by atoms with E-state index in [0.717, 1.165) is 5.56 Å². The van der Waals surface area contributed by atoms with Crippen molar-refractivity contribution in [3.05, 3.63) is 34.1 Å². The molecule has 0 bridgehead atoms. The number of H-pyrrole nitrogens is 1. The van der Waals surface area contributed by atoms with Gasteiger partial charge in [0.2, 0.25) is 5.95 Å². The van der Waals surface area contributed by atoms with Crippen LogP contribution in [0.3, 0.4) is 0 Å². The Kier molecular flexibility index (Phi) is 4.02. The summed E-state index contributed by atoms with van der Waals surface area (Å²) in [6, 6.07) is 5.48. The molecule has 5 nitrogen and oxygen atoms in total. The van der Waals surface area contributed by atoms with E-state index in [9.17, 15) is 4.79 Å². The number of hydrogen-bond donors (Lipinski definition) is 3. The highest BCUT2D eigenvalue weighted by Gasteiger charge is 2.00. The van der Waals surface area contributed by atoms with E-state index in [1.165, 1.54) is 0 Å². The molecule has 5 heteroatoms. The van der Waals surface area contributed by atoms with Gasteiger partial charge < -0.3 is 11.1 Å². The number of nitrogens with zero attached hydrogens (tertiary/aromatic N) is 1. The minimum absolute atomic E-state index is 0.154. The third-order valence-electron chi connectivity index (χ3n) is 1.88. The molecule has 16 heavy (non-hydrogen) atoms. The zero-order valence-corrected chi connectivity index (χ0v) is 9.66. The summed E-state index contributed by atoms with van der Waals surface area (Å²) in [6.45, 7) is 1.93. The summed E-state index contributed by atoms with van der Waals surface area (Å²) in [6.07, 6.45) is 0. The largest absolute Gasteiger partial charge is 0.369 e. The van der Waals surface area contributed by atoms with Crippen LogP contribution in [0.5, 0.6) is 0 Å². The van der Waals surface area contributed by atoms with Crippen LogP contribution in [-0.2, 0) is 0 Å². The van der Waals surface area contributed by atoms with Gasteiger partial charge in [-0.15, -0.1) is 0 Å². The Hall–Kier alpha value is -1.88. The van der Waals surface area contributed by atoms with E-state index in [0.29, 0.717) is 10.9 Å². The summed E-state index contributed by atoms with van der Waals surface area (Å²) in [5.74, 6) is 0.154. The number of hydrogen-bond acceptors (Lipinski definition) is 4. The number of benzene rings is 1. The molecular weight excluding hydrogens is 204 g/mol. The summed E-state index contributed by atoms with van der Waals surface area (Å²) < 4.78 is 0. The van der Waals surface area contributed by atoms with Crippen LogP contribution in [0.25, 0.3) is 10.9 Å². The molecule has 0 spiro atoms. The van der Waals surface area contributed by atoms with Crippen LogP contribution < -0.4 is 16.6 Å². The number of anilines is 1. The van der Waals surface area contributed by atoms with Crippen LogP contribution in [0.1, 0.15) is 5.56 Å². The molecule has 0 amide bonds. The van der Waals surface area contributed by atoms with Gasteiger partial charge in [-0.2, -0.15) is 0 Å². The van der Waals surface area contributed by atoms with Gasteiger partial charge in [-0.05, 0) is 33.2 Å². The quantitative estimate of drug-likeness (QED) is 0.608. The molecule has 1 heterocycles. The average molecular weight is 220 g/mol. The Morgan fingerprint density at radius 1 is 1.38 bits per heavy atom. The van der Waals surface area contributed by atoms with Crippen molar-refractivity contribution in [3.63, 3.8) is 0 Å². The Morgan fingerprint density at radius 2 is 2.00 bits per heavy atom. The molecule has 0 radical (unpaired) electrons. The van der Waals surface area contributed by atoms with E-state index in [1.54, 1.807) is 12.1 Å². The minimum Gasteiger partial charge on any atom is -0.369 e.